The van der Waals surface area contributed by atoms with Gasteiger partial charge in [-0.1, -0.05) is 24.4 Å². The molecule has 0 spiro atoms. The predicted octanol–water partition coefficient (Wildman–Crippen LogP) is 3.14. The maximum absolute atomic E-state index is 12.4. The molecule has 0 saturated heterocycles. The topological polar surface area (TPSA) is 68.0 Å². The lowest BCUT2D eigenvalue weighted by molar-refractivity contribution is 0.0934. The van der Waals surface area contributed by atoms with Crippen molar-refractivity contribution in [1.29, 1.82) is 0 Å². The standard InChI is InChI=1S/C15H16ClN3O/c16-9-7-12-11(13(17)8-9)5-6-18-14(12)15(20)19-10-3-1-2-4-10/h5-8,10H,1-4,17H2,(H,19,20). The second kappa shape index (κ2) is 5.29. The number of nitrogens with two attached hydrogens (primary N) is 1. The van der Waals surface area contributed by atoms with E-state index in [1.165, 1.54) is 12.8 Å². The normalized spacial score (nSPS) is 15.7. The van der Waals surface area contributed by atoms with Crippen LogP contribution < -0.4 is 11.1 Å². The number of nitrogen functional groups attached to an aromatic ring is 1. The number of anilines is 1. The Kier molecular flexibility index (Phi) is 3.49. The lowest BCUT2D eigenvalue weighted by Crippen LogP contribution is -2.33. The zero-order chi connectivity index (χ0) is 14.1. The summed E-state index contributed by atoms with van der Waals surface area (Å²) >= 11 is 6.03. The second-order valence-corrected chi connectivity index (χ2v) is 5.64. The number of nitrogens with zero attached hydrogens (tertiary/aromatic N) is 1. The van der Waals surface area contributed by atoms with E-state index in [4.69, 9.17) is 17.3 Å². The van der Waals surface area contributed by atoms with Crippen LogP contribution in [0.4, 0.5) is 5.69 Å². The number of amides is 1. The molecule has 1 aromatic heterocycles. The van der Waals surface area contributed by atoms with Crippen molar-refractivity contribution in [2.75, 3.05) is 5.73 Å². The molecule has 1 fully saturated rings. The van der Waals surface area contributed by atoms with Crippen LogP contribution in [0.15, 0.2) is 24.4 Å². The molecule has 0 radical (unpaired) electrons. The number of pyridine rings is 1. The van der Waals surface area contributed by atoms with E-state index in [-0.39, 0.29) is 11.9 Å². The van der Waals surface area contributed by atoms with Crippen LogP contribution >= 0.6 is 11.6 Å². The van der Waals surface area contributed by atoms with Crippen LogP contribution in [0.5, 0.6) is 0 Å². The van der Waals surface area contributed by atoms with Gasteiger partial charge in [-0.15, -0.1) is 0 Å². The smallest absolute Gasteiger partial charge is 0.270 e. The maximum Gasteiger partial charge on any atom is 0.270 e. The zero-order valence-electron chi connectivity index (χ0n) is 11.0. The summed E-state index contributed by atoms with van der Waals surface area (Å²) in [5.74, 6) is -0.149. The first-order valence-electron chi connectivity index (χ1n) is 6.80. The Morgan fingerprint density at radius 2 is 2.05 bits per heavy atom. The monoisotopic (exact) mass is 289 g/mol. The molecule has 3 N–H and O–H groups in total. The summed E-state index contributed by atoms with van der Waals surface area (Å²) < 4.78 is 0. The first-order valence-corrected chi connectivity index (χ1v) is 7.17. The van der Waals surface area contributed by atoms with Gasteiger partial charge in [0, 0.05) is 33.7 Å². The third-order valence-corrected chi connectivity index (χ3v) is 4.00. The van der Waals surface area contributed by atoms with Gasteiger partial charge in [0.05, 0.1) is 0 Å². The summed E-state index contributed by atoms with van der Waals surface area (Å²) in [6, 6.07) is 5.48. The quantitative estimate of drug-likeness (QED) is 0.835. The van der Waals surface area contributed by atoms with E-state index in [0.717, 1.165) is 18.2 Å². The van der Waals surface area contributed by atoms with Crippen LogP contribution in [-0.2, 0) is 0 Å². The Morgan fingerprint density at radius 3 is 2.80 bits per heavy atom. The van der Waals surface area contributed by atoms with Gasteiger partial charge in [0.2, 0.25) is 0 Å². The number of nitrogens with one attached hydrogen (secondary N) is 1. The minimum atomic E-state index is -0.149. The van der Waals surface area contributed by atoms with Crippen molar-refractivity contribution in [2.45, 2.75) is 31.7 Å². The highest BCUT2D eigenvalue weighted by Gasteiger charge is 2.20. The summed E-state index contributed by atoms with van der Waals surface area (Å²) in [5.41, 5.74) is 6.90. The third kappa shape index (κ3) is 2.43. The number of hydrogen-bond donors (Lipinski definition) is 2. The van der Waals surface area contributed by atoms with Crippen LogP contribution in [0.3, 0.4) is 0 Å². The number of halogens is 1. The van der Waals surface area contributed by atoms with E-state index in [0.29, 0.717) is 21.8 Å². The molecule has 3 rings (SSSR count). The van der Waals surface area contributed by atoms with Crippen molar-refractivity contribution >= 4 is 34.0 Å². The average molecular weight is 290 g/mol. The first kappa shape index (κ1) is 13.2. The van der Waals surface area contributed by atoms with Gasteiger partial charge in [-0.2, -0.15) is 0 Å². The Hall–Kier alpha value is -1.81. The fourth-order valence-corrected chi connectivity index (χ4v) is 3.01. The Morgan fingerprint density at radius 1 is 1.30 bits per heavy atom. The van der Waals surface area contributed by atoms with Crippen molar-refractivity contribution in [3.8, 4) is 0 Å². The summed E-state index contributed by atoms with van der Waals surface area (Å²) in [6.45, 7) is 0. The third-order valence-electron chi connectivity index (χ3n) is 3.78. The lowest BCUT2D eigenvalue weighted by atomic mass is 10.1. The SMILES string of the molecule is Nc1cc(Cl)cc2c(C(=O)NC3CCCC3)nccc12. The van der Waals surface area contributed by atoms with Crippen molar-refractivity contribution in [3.63, 3.8) is 0 Å². The van der Waals surface area contributed by atoms with Crippen molar-refractivity contribution in [1.82, 2.24) is 10.3 Å². The summed E-state index contributed by atoms with van der Waals surface area (Å²) in [5, 5.41) is 5.06. The highest BCUT2D eigenvalue weighted by molar-refractivity contribution is 6.32. The summed E-state index contributed by atoms with van der Waals surface area (Å²) in [4.78, 5) is 16.6. The molecule has 104 valence electrons. The van der Waals surface area contributed by atoms with Gasteiger partial charge >= 0.3 is 0 Å². The predicted molar refractivity (Wildman–Crippen MR) is 80.9 cm³/mol. The highest BCUT2D eigenvalue weighted by Crippen LogP contribution is 2.27. The number of aromatic nitrogens is 1. The minimum Gasteiger partial charge on any atom is -0.398 e. The van der Waals surface area contributed by atoms with Crippen molar-refractivity contribution < 1.29 is 4.79 Å². The maximum atomic E-state index is 12.4. The van der Waals surface area contributed by atoms with Crippen LogP contribution in [0.2, 0.25) is 5.02 Å². The van der Waals surface area contributed by atoms with Gasteiger partial charge in [-0.05, 0) is 31.0 Å². The number of fused-ring (bicyclic) bond motifs is 1. The van der Waals surface area contributed by atoms with Crippen LogP contribution in [0, 0.1) is 0 Å². The molecule has 1 aliphatic rings. The molecule has 20 heavy (non-hydrogen) atoms. The van der Waals surface area contributed by atoms with Crippen molar-refractivity contribution in [2.24, 2.45) is 0 Å². The molecule has 2 aromatic rings. The van der Waals surface area contributed by atoms with E-state index < -0.39 is 0 Å². The van der Waals surface area contributed by atoms with Gasteiger partial charge < -0.3 is 11.1 Å². The number of hydrogen-bond acceptors (Lipinski definition) is 3. The van der Waals surface area contributed by atoms with E-state index in [1.54, 1.807) is 24.4 Å². The zero-order valence-corrected chi connectivity index (χ0v) is 11.8. The summed E-state index contributed by atoms with van der Waals surface area (Å²) in [7, 11) is 0. The molecule has 0 aliphatic heterocycles. The van der Waals surface area contributed by atoms with E-state index >= 15 is 0 Å². The first-order chi connectivity index (χ1) is 9.65. The molecule has 1 aliphatic carbocycles. The van der Waals surface area contributed by atoms with E-state index in [2.05, 4.69) is 10.3 Å². The van der Waals surface area contributed by atoms with E-state index in [1.807, 2.05) is 0 Å². The molecule has 5 heteroatoms. The van der Waals surface area contributed by atoms with Crippen molar-refractivity contribution in [3.05, 3.63) is 35.1 Å². The molecule has 0 bridgehead atoms. The minimum absolute atomic E-state index is 0.149. The Labute approximate surface area is 122 Å². The van der Waals surface area contributed by atoms with Gasteiger partial charge in [0.1, 0.15) is 5.69 Å². The molecular formula is C15H16ClN3O. The van der Waals surface area contributed by atoms with Gasteiger partial charge in [0.25, 0.3) is 5.91 Å². The number of carbonyl (C=O) groups excluding carboxylic acids is 1. The number of rotatable bonds is 2. The fraction of sp³-hybridized carbons (Fsp3) is 0.333. The molecule has 1 aromatic carbocycles. The van der Waals surface area contributed by atoms with Crippen LogP contribution in [-0.4, -0.2) is 16.9 Å². The molecule has 0 atom stereocenters. The highest BCUT2D eigenvalue weighted by atomic mass is 35.5. The van der Waals surface area contributed by atoms with Crippen LogP contribution in [0.25, 0.3) is 10.8 Å². The molecule has 1 saturated carbocycles. The number of benzene rings is 1. The molecule has 1 heterocycles. The molecule has 1 amide bonds. The molecule has 4 nitrogen and oxygen atoms in total. The molecule has 0 unspecified atom stereocenters. The second-order valence-electron chi connectivity index (χ2n) is 5.20. The van der Waals surface area contributed by atoms with Gasteiger partial charge in [-0.25, -0.2) is 0 Å². The fourth-order valence-electron chi connectivity index (χ4n) is 2.78. The molecular weight excluding hydrogens is 274 g/mol. The summed E-state index contributed by atoms with van der Waals surface area (Å²) in [6.07, 6.45) is 6.04. The largest absolute Gasteiger partial charge is 0.398 e. The number of carbonyl (C=O) groups is 1. The lowest BCUT2D eigenvalue weighted by Gasteiger charge is -2.13. The van der Waals surface area contributed by atoms with Gasteiger partial charge in [0.15, 0.2) is 0 Å². The van der Waals surface area contributed by atoms with Gasteiger partial charge in [-0.3, -0.25) is 9.78 Å². The van der Waals surface area contributed by atoms with Crippen LogP contribution in [0.1, 0.15) is 36.2 Å². The van der Waals surface area contributed by atoms with E-state index in [9.17, 15) is 4.79 Å². The Balaban J connectivity index is 2.00. The Bertz CT molecular complexity index is 665. The average Bonchev–Trinajstić information content (AvgIpc) is 2.90.